The molecule has 1 aromatic carbocycles. The molecule has 1 aliphatic heterocycles. The Bertz CT molecular complexity index is 882. The van der Waals surface area contributed by atoms with Crippen LogP contribution in [0.4, 0.5) is 0 Å². The molecule has 12 heteroatoms. The van der Waals surface area contributed by atoms with Crippen LogP contribution in [0.15, 0.2) is 18.2 Å². The van der Waals surface area contributed by atoms with Gasteiger partial charge in [-0.3, -0.25) is 19.2 Å². The summed E-state index contributed by atoms with van der Waals surface area (Å²) in [7, 11) is 1.34. The van der Waals surface area contributed by atoms with Gasteiger partial charge >= 0.3 is 23.9 Å². The van der Waals surface area contributed by atoms with Gasteiger partial charge in [-0.1, -0.05) is 0 Å². The lowest BCUT2D eigenvalue weighted by Gasteiger charge is -2.43. The van der Waals surface area contributed by atoms with Crippen molar-refractivity contribution in [2.24, 2.45) is 0 Å². The van der Waals surface area contributed by atoms with Crippen LogP contribution in [-0.4, -0.2) is 73.4 Å². The summed E-state index contributed by atoms with van der Waals surface area (Å²) in [5, 5.41) is 9.80. The van der Waals surface area contributed by atoms with E-state index in [2.05, 4.69) is 0 Å². The SMILES string of the molecule is COc1cc(O[C@@H]2O[C@@H](COC(C)=O)[C@H](OC(C)=O)[C@@H](OC(C)=O)[C@@H]2OC(C)=O)ccc1O. The first-order valence-electron chi connectivity index (χ1n) is 9.86. The van der Waals surface area contributed by atoms with E-state index >= 15 is 0 Å². The second kappa shape index (κ2) is 11.4. The third-order valence-corrected chi connectivity index (χ3v) is 4.35. The molecule has 0 amide bonds. The third kappa shape index (κ3) is 7.24. The first kappa shape index (κ1) is 25.7. The molecule has 1 N–H and O–H groups in total. The first-order chi connectivity index (χ1) is 15.5. The molecule has 0 radical (unpaired) electrons. The number of hydrogen-bond donors (Lipinski definition) is 1. The normalized spacial score (nSPS) is 24.2. The summed E-state index contributed by atoms with van der Waals surface area (Å²) in [5.74, 6) is -2.79. The van der Waals surface area contributed by atoms with Gasteiger partial charge in [0.25, 0.3) is 0 Å². The Morgan fingerprint density at radius 3 is 2.00 bits per heavy atom. The number of ether oxygens (including phenoxy) is 7. The molecule has 0 spiro atoms. The number of esters is 4. The van der Waals surface area contributed by atoms with Crippen LogP contribution in [0.25, 0.3) is 0 Å². The van der Waals surface area contributed by atoms with Crippen molar-refractivity contribution in [3.05, 3.63) is 18.2 Å². The molecule has 12 nitrogen and oxygen atoms in total. The topological polar surface area (TPSA) is 153 Å². The van der Waals surface area contributed by atoms with E-state index in [4.69, 9.17) is 33.2 Å². The van der Waals surface area contributed by atoms with Crippen molar-refractivity contribution >= 4 is 23.9 Å². The minimum absolute atomic E-state index is 0.0955. The van der Waals surface area contributed by atoms with Gasteiger partial charge in [-0.05, 0) is 12.1 Å². The fourth-order valence-electron chi connectivity index (χ4n) is 3.15. The van der Waals surface area contributed by atoms with E-state index in [1.807, 2.05) is 0 Å². The first-order valence-corrected chi connectivity index (χ1v) is 9.86. The minimum atomic E-state index is -1.39. The second-order valence-corrected chi connectivity index (χ2v) is 7.02. The molecule has 5 atom stereocenters. The molecule has 0 aromatic heterocycles. The zero-order valence-electron chi connectivity index (χ0n) is 18.8. The Morgan fingerprint density at radius 2 is 1.45 bits per heavy atom. The van der Waals surface area contributed by atoms with Gasteiger partial charge in [0.2, 0.25) is 12.4 Å². The Kier molecular flexibility index (Phi) is 8.85. The smallest absolute Gasteiger partial charge is 0.303 e. The Hall–Kier alpha value is -3.54. The number of carbonyl (C=O) groups excluding carboxylic acids is 4. The Labute approximate surface area is 189 Å². The summed E-state index contributed by atoms with van der Waals surface area (Å²) < 4.78 is 37.6. The van der Waals surface area contributed by atoms with Crippen LogP contribution in [0.1, 0.15) is 27.7 Å². The zero-order valence-corrected chi connectivity index (χ0v) is 18.8. The molecule has 33 heavy (non-hydrogen) atoms. The highest BCUT2D eigenvalue weighted by atomic mass is 16.7. The molecule has 182 valence electrons. The average Bonchev–Trinajstić information content (AvgIpc) is 2.71. The molecule has 0 unspecified atom stereocenters. The highest BCUT2D eigenvalue weighted by Gasteiger charge is 2.53. The van der Waals surface area contributed by atoms with Crippen LogP contribution in [0, 0.1) is 0 Å². The quantitative estimate of drug-likeness (QED) is 0.423. The summed E-state index contributed by atoms with van der Waals surface area (Å²) in [6.07, 6.45) is -6.54. The van der Waals surface area contributed by atoms with E-state index in [9.17, 15) is 24.3 Å². The summed E-state index contributed by atoms with van der Waals surface area (Å²) in [6.45, 7) is 4.16. The lowest BCUT2D eigenvalue weighted by molar-refractivity contribution is -0.288. The number of methoxy groups -OCH3 is 1. The van der Waals surface area contributed by atoms with Gasteiger partial charge < -0.3 is 38.3 Å². The molecule has 0 saturated carbocycles. The summed E-state index contributed by atoms with van der Waals surface area (Å²) >= 11 is 0. The molecule has 1 aromatic rings. The fourth-order valence-corrected chi connectivity index (χ4v) is 3.15. The van der Waals surface area contributed by atoms with Crippen LogP contribution in [-0.2, 0) is 42.9 Å². The van der Waals surface area contributed by atoms with E-state index in [0.717, 1.165) is 20.8 Å². The fraction of sp³-hybridized carbons (Fsp3) is 0.524. The van der Waals surface area contributed by atoms with Crippen LogP contribution < -0.4 is 9.47 Å². The number of phenolic OH excluding ortho intramolecular Hbond substituents is 1. The molecule has 1 heterocycles. The van der Waals surface area contributed by atoms with Crippen LogP contribution >= 0.6 is 0 Å². The lowest BCUT2D eigenvalue weighted by Crippen LogP contribution is -2.63. The minimum Gasteiger partial charge on any atom is -0.504 e. The van der Waals surface area contributed by atoms with Crippen molar-refractivity contribution in [2.75, 3.05) is 13.7 Å². The van der Waals surface area contributed by atoms with E-state index in [-0.39, 0.29) is 23.9 Å². The molecular weight excluding hydrogens is 444 g/mol. The largest absolute Gasteiger partial charge is 0.504 e. The van der Waals surface area contributed by atoms with Gasteiger partial charge in [-0.25, -0.2) is 0 Å². The molecule has 2 rings (SSSR count). The van der Waals surface area contributed by atoms with Gasteiger partial charge in [0.05, 0.1) is 7.11 Å². The van der Waals surface area contributed by atoms with Gasteiger partial charge in [0.15, 0.2) is 23.7 Å². The molecule has 0 aliphatic carbocycles. The van der Waals surface area contributed by atoms with Crippen molar-refractivity contribution in [3.63, 3.8) is 0 Å². The van der Waals surface area contributed by atoms with E-state index in [1.54, 1.807) is 0 Å². The number of benzene rings is 1. The van der Waals surface area contributed by atoms with Crippen LogP contribution in [0.2, 0.25) is 0 Å². The number of rotatable bonds is 8. The molecule has 0 bridgehead atoms. The maximum Gasteiger partial charge on any atom is 0.303 e. The van der Waals surface area contributed by atoms with Gasteiger partial charge in [-0.2, -0.15) is 0 Å². The summed E-state index contributed by atoms with van der Waals surface area (Å²) in [6, 6.07) is 4.05. The highest BCUT2D eigenvalue weighted by Crippen LogP contribution is 2.34. The van der Waals surface area contributed by atoms with Crippen LogP contribution in [0.3, 0.4) is 0 Å². The van der Waals surface area contributed by atoms with Crippen LogP contribution in [0.5, 0.6) is 17.2 Å². The summed E-state index contributed by atoms with van der Waals surface area (Å²) in [4.78, 5) is 46.7. The van der Waals surface area contributed by atoms with E-state index in [0.29, 0.717) is 0 Å². The summed E-state index contributed by atoms with van der Waals surface area (Å²) in [5.41, 5.74) is 0. The van der Waals surface area contributed by atoms with Crippen molar-refractivity contribution in [1.29, 1.82) is 0 Å². The molecule has 1 saturated heterocycles. The number of carbonyl (C=O) groups is 4. The third-order valence-electron chi connectivity index (χ3n) is 4.35. The van der Waals surface area contributed by atoms with Crippen molar-refractivity contribution < 1.29 is 57.4 Å². The van der Waals surface area contributed by atoms with E-state index in [1.165, 1.54) is 32.2 Å². The Morgan fingerprint density at radius 1 is 0.879 bits per heavy atom. The number of phenols is 1. The number of aromatic hydroxyl groups is 1. The van der Waals surface area contributed by atoms with Gasteiger partial charge in [-0.15, -0.1) is 0 Å². The monoisotopic (exact) mass is 470 g/mol. The predicted octanol–water partition coefficient (Wildman–Crippen LogP) is 0.863. The van der Waals surface area contributed by atoms with Crippen molar-refractivity contribution in [3.8, 4) is 17.2 Å². The predicted molar refractivity (Wildman–Crippen MR) is 107 cm³/mol. The second-order valence-electron chi connectivity index (χ2n) is 7.02. The highest BCUT2D eigenvalue weighted by molar-refractivity contribution is 5.68. The maximum absolute atomic E-state index is 11.8. The zero-order chi connectivity index (χ0) is 24.7. The number of hydrogen-bond acceptors (Lipinski definition) is 12. The molecule has 1 fully saturated rings. The lowest BCUT2D eigenvalue weighted by atomic mass is 9.98. The average molecular weight is 470 g/mol. The standard InChI is InChI=1S/C21H26O12/c1-10(22)28-9-17-18(29-11(2)23)19(30-12(3)24)20(31-13(4)25)21(33-17)32-14-6-7-15(26)16(8-14)27-5/h6-8,17-21,26H,9H2,1-5H3/t17-,18-,19+,20-,21+/m0/s1. The van der Waals surface area contributed by atoms with Crippen molar-refractivity contribution in [1.82, 2.24) is 0 Å². The molecule has 1 aliphatic rings. The molecular formula is C21H26O12. The van der Waals surface area contributed by atoms with Gasteiger partial charge in [0.1, 0.15) is 18.5 Å². The Balaban J connectivity index is 2.47. The maximum atomic E-state index is 11.8. The van der Waals surface area contributed by atoms with Crippen molar-refractivity contribution in [2.45, 2.75) is 58.4 Å². The van der Waals surface area contributed by atoms with E-state index < -0.39 is 54.6 Å². The van der Waals surface area contributed by atoms with Gasteiger partial charge in [0, 0.05) is 33.8 Å².